The first-order valence-electron chi connectivity index (χ1n) is 6.12. The molecule has 0 atom stereocenters. The Morgan fingerprint density at radius 3 is 2.74 bits per heavy atom. The minimum atomic E-state index is 0.480. The lowest BCUT2D eigenvalue weighted by molar-refractivity contribution is 0.746. The molecule has 0 radical (unpaired) electrons. The molecule has 0 spiro atoms. The summed E-state index contributed by atoms with van der Waals surface area (Å²) in [5.41, 5.74) is 5.22. The minimum Gasteiger partial charge on any atom is -0.325 e. The molecule has 1 aromatic carbocycles. The third-order valence-electron chi connectivity index (χ3n) is 2.62. The van der Waals surface area contributed by atoms with Gasteiger partial charge in [0.05, 0.1) is 11.9 Å². The fourth-order valence-electron chi connectivity index (χ4n) is 1.74. The van der Waals surface area contributed by atoms with Crippen LogP contribution in [0.25, 0.3) is 0 Å². The van der Waals surface area contributed by atoms with Crippen LogP contribution in [-0.4, -0.2) is 15.7 Å². The molecule has 100 valence electrons. The summed E-state index contributed by atoms with van der Waals surface area (Å²) in [5.74, 6) is 5.98. The fraction of sp³-hybridized carbons (Fsp3) is 0.231. The van der Waals surface area contributed by atoms with E-state index in [0.717, 1.165) is 23.5 Å². The number of rotatable bonds is 3. The van der Waals surface area contributed by atoms with E-state index in [2.05, 4.69) is 20.8 Å². The first-order valence-corrected chi connectivity index (χ1v) is 6.12. The van der Waals surface area contributed by atoms with E-state index >= 15 is 0 Å². The number of aliphatic imine (C=N–C) groups is 1. The number of benzene rings is 1. The number of hydrogen-bond donors (Lipinski definition) is 3. The molecule has 0 fully saturated rings. The van der Waals surface area contributed by atoms with Crippen molar-refractivity contribution in [1.29, 1.82) is 0 Å². The van der Waals surface area contributed by atoms with Crippen molar-refractivity contribution in [3.05, 3.63) is 42.2 Å². The number of hydrazine groups is 1. The second-order valence-electron chi connectivity index (χ2n) is 4.08. The van der Waals surface area contributed by atoms with Gasteiger partial charge in [-0.25, -0.2) is 10.8 Å². The second-order valence-corrected chi connectivity index (χ2v) is 4.08. The molecule has 0 aliphatic carbocycles. The normalized spacial score (nSPS) is 11.4. The number of aryl methyl sites for hydroxylation is 2. The summed E-state index contributed by atoms with van der Waals surface area (Å²) in [4.78, 5) is 4.45. The van der Waals surface area contributed by atoms with E-state index in [-0.39, 0.29) is 0 Å². The van der Waals surface area contributed by atoms with Crippen molar-refractivity contribution < 1.29 is 0 Å². The number of nitrogens with one attached hydrogen (secondary N) is 2. The van der Waals surface area contributed by atoms with Crippen LogP contribution in [0.4, 0.5) is 11.4 Å². The third kappa shape index (κ3) is 3.32. The third-order valence-corrected chi connectivity index (χ3v) is 2.62. The molecule has 1 aromatic heterocycles. The van der Waals surface area contributed by atoms with E-state index in [1.54, 1.807) is 4.68 Å². The van der Waals surface area contributed by atoms with Gasteiger partial charge in [0.15, 0.2) is 0 Å². The lowest BCUT2D eigenvalue weighted by Gasteiger charge is -2.08. The topological polar surface area (TPSA) is 80.3 Å². The number of nitrogens with zero attached hydrogens (tertiary/aromatic N) is 3. The van der Waals surface area contributed by atoms with Gasteiger partial charge in [0.2, 0.25) is 5.96 Å². The van der Waals surface area contributed by atoms with Gasteiger partial charge in [0.25, 0.3) is 0 Å². The molecule has 19 heavy (non-hydrogen) atoms. The highest BCUT2D eigenvalue weighted by Gasteiger charge is 2.06. The van der Waals surface area contributed by atoms with Crippen molar-refractivity contribution in [2.24, 2.45) is 17.9 Å². The van der Waals surface area contributed by atoms with Crippen LogP contribution in [0, 0.1) is 0 Å². The highest BCUT2D eigenvalue weighted by molar-refractivity contribution is 5.94. The Kier molecular flexibility index (Phi) is 4.15. The first kappa shape index (κ1) is 13.1. The highest BCUT2D eigenvalue weighted by atomic mass is 15.3. The molecule has 0 saturated carbocycles. The summed E-state index contributed by atoms with van der Waals surface area (Å²) in [6.07, 6.45) is 2.69. The van der Waals surface area contributed by atoms with Gasteiger partial charge in [-0.05, 0) is 18.6 Å². The second kappa shape index (κ2) is 6.01. The van der Waals surface area contributed by atoms with E-state index < -0.39 is 0 Å². The number of para-hydroxylation sites is 1. The molecular weight excluding hydrogens is 240 g/mol. The maximum absolute atomic E-state index is 5.50. The smallest absolute Gasteiger partial charge is 0.215 e. The van der Waals surface area contributed by atoms with Crippen LogP contribution >= 0.6 is 0 Å². The zero-order valence-electron chi connectivity index (χ0n) is 11.1. The zero-order valence-corrected chi connectivity index (χ0v) is 11.1. The van der Waals surface area contributed by atoms with E-state index in [4.69, 9.17) is 5.84 Å². The van der Waals surface area contributed by atoms with Crippen molar-refractivity contribution in [2.75, 3.05) is 5.32 Å². The van der Waals surface area contributed by atoms with Gasteiger partial charge >= 0.3 is 0 Å². The summed E-state index contributed by atoms with van der Waals surface area (Å²) < 4.78 is 1.74. The van der Waals surface area contributed by atoms with E-state index in [0.29, 0.717) is 5.96 Å². The van der Waals surface area contributed by atoms with Crippen molar-refractivity contribution in [1.82, 2.24) is 15.2 Å². The maximum atomic E-state index is 5.50. The molecule has 0 bridgehead atoms. The fourth-order valence-corrected chi connectivity index (χ4v) is 1.74. The summed E-state index contributed by atoms with van der Waals surface area (Å²) in [7, 11) is 1.87. The Bertz CT molecular complexity index is 558. The molecule has 1 heterocycles. The van der Waals surface area contributed by atoms with Crippen molar-refractivity contribution in [3.63, 3.8) is 0 Å². The van der Waals surface area contributed by atoms with Crippen molar-refractivity contribution >= 4 is 17.3 Å². The van der Waals surface area contributed by atoms with Crippen molar-refractivity contribution in [2.45, 2.75) is 13.3 Å². The average molecular weight is 258 g/mol. The van der Waals surface area contributed by atoms with E-state index in [9.17, 15) is 0 Å². The van der Waals surface area contributed by atoms with Crippen LogP contribution in [0.3, 0.4) is 0 Å². The summed E-state index contributed by atoms with van der Waals surface area (Å²) in [5, 5.41) is 7.45. The molecule has 6 heteroatoms. The Balaban J connectivity index is 2.23. The number of aromatic nitrogens is 2. The molecular formula is C13H18N6. The molecule has 0 saturated heterocycles. The van der Waals surface area contributed by atoms with Gasteiger partial charge in [-0.1, -0.05) is 25.1 Å². The van der Waals surface area contributed by atoms with E-state index in [1.165, 1.54) is 0 Å². The Morgan fingerprint density at radius 1 is 1.37 bits per heavy atom. The monoisotopic (exact) mass is 258 g/mol. The van der Waals surface area contributed by atoms with Crippen LogP contribution in [-0.2, 0) is 13.5 Å². The van der Waals surface area contributed by atoms with Crippen molar-refractivity contribution in [3.8, 4) is 0 Å². The number of guanidine groups is 1. The standard InChI is InChI=1S/C13H18N6/c1-3-11-12(9-19(2)18-11)16-13(17-14)15-10-7-5-4-6-8-10/h4-9H,3,14H2,1-2H3,(H2,15,16,17). The predicted octanol–water partition coefficient (Wildman–Crippen LogP) is 1.55. The molecule has 0 aliphatic rings. The zero-order chi connectivity index (χ0) is 13.7. The van der Waals surface area contributed by atoms with Gasteiger partial charge in [0, 0.05) is 12.7 Å². The Labute approximate surface area is 112 Å². The number of nitrogens with two attached hydrogens (primary N) is 1. The van der Waals surface area contributed by atoms with Crippen LogP contribution in [0.15, 0.2) is 41.5 Å². The molecule has 2 rings (SSSR count). The van der Waals surface area contributed by atoms with Crippen LogP contribution < -0.4 is 16.6 Å². The van der Waals surface area contributed by atoms with E-state index in [1.807, 2.05) is 50.5 Å². The number of hydrogen-bond acceptors (Lipinski definition) is 3. The summed E-state index contributed by atoms with van der Waals surface area (Å²) >= 11 is 0. The minimum absolute atomic E-state index is 0.480. The average Bonchev–Trinajstić information content (AvgIpc) is 2.79. The lowest BCUT2D eigenvalue weighted by Crippen LogP contribution is -2.35. The number of anilines is 1. The lowest BCUT2D eigenvalue weighted by atomic mass is 10.3. The van der Waals surface area contributed by atoms with Gasteiger partial charge in [0.1, 0.15) is 5.69 Å². The van der Waals surface area contributed by atoms with Gasteiger partial charge in [-0.15, -0.1) is 0 Å². The molecule has 2 aromatic rings. The summed E-state index contributed by atoms with van der Waals surface area (Å²) in [6.45, 7) is 2.04. The largest absolute Gasteiger partial charge is 0.325 e. The van der Waals surface area contributed by atoms with Crippen LogP contribution in [0.5, 0.6) is 0 Å². The Hall–Kier alpha value is -2.34. The van der Waals surface area contributed by atoms with Gasteiger partial charge in [-0.3, -0.25) is 10.1 Å². The van der Waals surface area contributed by atoms with Crippen LogP contribution in [0.1, 0.15) is 12.6 Å². The Morgan fingerprint density at radius 2 is 2.11 bits per heavy atom. The predicted molar refractivity (Wildman–Crippen MR) is 77.1 cm³/mol. The van der Waals surface area contributed by atoms with Gasteiger partial charge < -0.3 is 5.32 Å². The van der Waals surface area contributed by atoms with Crippen LogP contribution in [0.2, 0.25) is 0 Å². The quantitative estimate of drug-likeness (QED) is 0.338. The molecule has 0 unspecified atom stereocenters. The van der Waals surface area contributed by atoms with Gasteiger partial charge in [-0.2, -0.15) is 5.10 Å². The molecule has 6 nitrogen and oxygen atoms in total. The SMILES string of the molecule is CCc1nn(C)cc1N=C(NN)Nc1ccccc1. The molecule has 0 amide bonds. The molecule has 4 N–H and O–H groups in total. The highest BCUT2D eigenvalue weighted by Crippen LogP contribution is 2.17. The molecule has 0 aliphatic heterocycles. The maximum Gasteiger partial charge on any atom is 0.215 e. The summed E-state index contributed by atoms with van der Waals surface area (Å²) in [6, 6.07) is 9.72. The first-order chi connectivity index (χ1) is 9.22.